The van der Waals surface area contributed by atoms with Gasteiger partial charge >= 0.3 is 0 Å². The van der Waals surface area contributed by atoms with Crippen molar-refractivity contribution < 1.29 is 4.74 Å². The van der Waals surface area contributed by atoms with Crippen molar-refractivity contribution >= 4 is 23.2 Å². The maximum Gasteiger partial charge on any atom is 0.0600 e. The van der Waals surface area contributed by atoms with Gasteiger partial charge in [0, 0.05) is 22.0 Å². The van der Waals surface area contributed by atoms with E-state index in [2.05, 4.69) is 26.1 Å². The highest BCUT2D eigenvalue weighted by Gasteiger charge is 2.42. The zero-order valence-electron chi connectivity index (χ0n) is 11.8. The minimum Gasteiger partial charge on any atom is -0.375 e. The molecule has 0 spiro atoms. The van der Waals surface area contributed by atoms with Crippen LogP contribution in [0.4, 0.5) is 0 Å². The molecule has 1 aliphatic heterocycles. The van der Waals surface area contributed by atoms with Gasteiger partial charge in [0.15, 0.2) is 0 Å². The van der Waals surface area contributed by atoms with Gasteiger partial charge in [-0.2, -0.15) is 0 Å². The molecule has 1 aromatic rings. The fraction of sp³-hybridized carbons (Fsp3) is 0.600. The Bertz CT molecular complexity index is 452. The van der Waals surface area contributed by atoms with Crippen LogP contribution < -0.4 is 5.32 Å². The van der Waals surface area contributed by atoms with Crippen molar-refractivity contribution in [3.05, 3.63) is 33.8 Å². The third-order valence-electron chi connectivity index (χ3n) is 4.31. The molecular formula is C15H21Cl2NO. The van der Waals surface area contributed by atoms with Gasteiger partial charge in [0.05, 0.1) is 12.2 Å². The number of nitrogens with one attached hydrogen (secondary N) is 1. The Morgan fingerprint density at radius 2 is 1.84 bits per heavy atom. The Kier molecular flexibility index (Phi) is 4.78. The molecule has 0 aromatic heterocycles. The molecule has 1 aromatic carbocycles. The van der Waals surface area contributed by atoms with Crippen molar-refractivity contribution in [1.82, 2.24) is 5.32 Å². The molecule has 106 valence electrons. The van der Waals surface area contributed by atoms with Gasteiger partial charge in [-0.05, 0) is 44.5 Å². The van der Waals surface area contributed by atoms with E-state index in [-0.39, 0.29) is 18.2 Å². The van der Waals surface area contributed by atoms with Crippen LogP contribution in [-0.4, -0.2) is 19.3 Å². The smallest absolute Gasteiger partial charge is 0.0600 e. The molecule has 0 amide bonds. The first-order valence-corrected chi connectivity index (χ1v) is 7.49. The summed E-state index contributed by atoms with van der Waals surface area (Å²) >= 11 is 12.3. The lowest BCUT2D eigenvalue weighted by Crippen LogP contribution is -2.33. The van der Waals surface area contributed by atoms with E-state index in [0.29, 0.717) is 21.9 Å². The third kappa shape index (κ3) is 2.92. The van der Waals surface area contributed by atoms with Gasteiger partial charge in [0.1, 0.15) is 0 Å². The second-order valence-electron chi connectivity index (χ2n) is 5.41. The van der Waals surface area contributed by atoms with Crippen molar-refractivity contribution in [1.29, 1.82) is 0 Å². The van der Waals surface area contributed by atoms with E-state index >= 15 is 0 Å². The minimum atomic E-state index is 0.180. The van der Waals surface area contributed by atoms with Crippen LogP contribution in [0.2, 0.25) is 10.0 Å². The van der Waals surface area contributed by atoms with Crippen molar-refractivity contribution in [2.45, 2.75) is 39.0 Å². The van der Waals surface area contributed by atoms with Crippen LogP contribution in [0.5, 0.6) is 0 Å². The largest absolute Gasteiger partial charge is 0.375 e. The summed E-state index contributed by atoms with van der Waals surface area (Å²) in [6, 6.07) is 5.88. The van der Waals surface area contributed by atoms with Gasteiger partial charge < -0.3 is 10.1 Å². The van der Waals surface area contributed by atoms with Crippen LogP contribution in [0.3, 0.4) is 0 Å². The molecule has 1 saturated heterocycles. The summed E-state index contributed by atoms with van der Waals surface area (Å²) in [7, 11) is 1.97. The molecular weight excluding hydrogens is 281 g/mol. The number of ether oxygens (including phenoxy) is 1. The molecule has 1 aliphatic rings. The highest BCUT2D eigenvalue weighted by Crippen LogP contribution is 2.42. The molecule has 1 heterocycles. The van der Waals surface area contributed by atoms with Gasteiger partial charge in [0.25, 0.3) is 0 Å². The summed E-state index contributed by atoms with van der Waals surface area (Å²) in [4.78, 5) is 0. The maximum atomic E-state index is 6.35. The van der Waals surface area contributed by atoms with Crippen LogP contribution in [0.15, 0.2) is 18.2 Å². The second-order valence-corrected chi connectivity index (χ2v) is 6.26. The fourth-order valence-corrected chi connectivity index (χ4v) is 3.70. The van der Waals surface area contributed by atoms with Gasteiger partial charge in [-0.25, -0.2) is 0 Å². The van der Waals surface area contributed by atoms with E-state index in [4.69, 9.17) is 27.9 Å². The van der Waals surface area contributed by atoms with Crippen LogP contribution >= 0.6 is 23.2 Å². The number of rotatable bonds is 3. The van der Waals surface area contributed by atoms with Gasteiger partial charge in [0.2, 0.25) is 0 Å². The molecule has 5 atom stereocenters. The summed E-state index contributed by atoms with van der Waals surface area (Å²) in [5.74, 6) is 0.887. The van der Waals surface area contributed by atoms with Crippen molar-refractivity contribution in [3.8, 4) is 0 Å². The predicted molar refractivity (Wildman–Crippen MR) is 80.9 cm³/mol. The molecule has 0 saturated carbocycles. The molecule has 0 aliphatic carbocycles. The lowest BCUT2D eigenvalue weighted by atomic mass is 9.80. The summed E-state index contributed by atoms with van der Waals surface area (Å²) in [5.41, 5.74) is 1.09. The van der Waals surface area contributed by atoms with Crippen LogP contribution in [0.25, 0.3) is 0 Å². The zero-order valence-corrected chi connectivity index (χ0v) is 13.3. The highest BCUT2D eigenvalue weighted by molar-refractivity contribution is 6.35. The van der Waals surface area contributed by atoms with E-state index in [1.54, 1.807) is 6.07 Å². The maximum absolute atomic E-state index is 6.35. The fourth-order valence-electron chi connectivity index (χ4n) is 3.18. The van der Waals surface area contributed by atoms with Crippen molar-refractivity contribution in [2.75, 3.05) is 7.05 Å². The number of benzene rings is 1. The van der Waals surface area contributed by atoms with Gasteiger partial charge in [-0.1, -0.05) is 36.2 Å². The lowest BCUT2D eigenvalue weighted by Gasteiger charge is -2.29. The van der Waals surface area contributed by atoms with Crippen molar-refractivity contribution in [2.24, 2.45) is 11.8 Å². The first-order valence-electron chi connectivity index (χ1n) is 6.73. The van der Waals surface area contributed by atoms with Gasteiger partial charge in [-0.3, -0.25) is 0 Å². The summed E-state index contributed by atoms with van der Waals surface area (Å²) in [6.07, 6.45) is 0.496. The number of hydrogen-bond acceptors (Lipinski definition) is 2. The molecule has 2 nitrogen and oxygen atoms in total. The van der Waals surface area contributed by atoms with E-state index in [1.165, 1.54) is 0 Å². The lowest BCUT2D eigenvalue weighted by molar-refractivity contribution is 0.0478. The van der Waals surface area contributed by atoms with E-state index in [1.807, 2.05) is 19.2 Å². The monoisotopic (exact) mass is 301 g/mol. The van der Waals surface area contributed by atoms with Crippen LogP contribution in [-0.2, 0) is 4.74 Å². The first-order chi connectivity index (χ1) is 8.95. The van der Waals surface area contributed by atoms with Crippen LogP contribution in [0, 0.1) is 11.8 Å². The molecule has 0 bridgehead atoms. The van der Waals surface area contributed by atoms with Gasteiger partial charge in [-0.15, -0.1) is 0 Å². The SMILES string of the molecule is CNC(c1ccc(Cl)cc1Cl)C1C(C)OC(C)C1C. The molecule has 0 radical (unpaired) electrons. The average Bonchev–Trinajstić information content (AvgIpc) is 2.59. The summed E-state index contributed by atoms with van der Waals surface area (Å²) < 4.78 is 5.94. The Hall–Kier alpha value is -0.280. The Balaban J connectivity index is 2.34. The van der Waals surface area contributed by atoms with Crippen LogP contribution in [0.1, 0.15) is 32.4 Å². The van der Waals surface area contributed by atoms with E-state index in [9.17, 15) is 0 Å². The first kappa shape index (κ1) is 15.1. The molecule has 2 rings (SSSR count). The number of hydrogen-bond donors (Lipinski definition) is 1. The van der Waals surface area contributed by atoms with E-state index < -0.39 is 0 Å². The predicted octanol–water partition coefficient (Wildman–Crippen LogP) is 4.31. The quantitative estimate of drug-likeness (QED) is 0.898. The molecule has 4 heteroatoms. The average molecular weight is 302 g/mol. The normalized spacial score (nSPS) is 32.5. The second kappa shape index (κ2) is 6.01. The Morgan fingerprint density at radius 3 is 2.32 bits per heavy atom. The standard InChI is InChI=1S/C15H21Cl2NO/c1-8-9(2)19-10(3)14(8)15(18-4)12-6-5-11(16)7-13(12)17/h5-10,14-15,18H,1-4H3. The number of halogens is 2. The molecule has 1 fully saturated rings. The summed E-state index contributed by atoms with van der Waals surface area (Å²) in [6.45, 7) is 6.52. The van der Waals surface area contributed by atoms with Crippen molar-refractivity contribution in [3.63, 3.8) is 0 Å². The molecule has 19 heavy (non-hydrogen) atoms. The topological polar surface area (TPSA) is 21.3 Å². The molecule has 5 unspecified atom stereocenters. The Labute approximate surface area is 125 Å². The minimum absolute atomic E-state index is 0.180. The summed E-state index contributed by atoms with van der Waals surface area (Å²) in [5, 5.41) is 4.78. The molecule has 1 N–H and O–H groups in total. The zero-order chi connectivity index (χ0) is 14.2. The highest BCUT2D eigenvalue weighted by atomic mass is 35.5. The third-order valence-corrected chi connectivity index (χ3v) is 4.87. The Morgan fingerprint density at radius 1 is 1.16 bits per heavy atom. The van der Waals surface area contributed by atoms with E-state index in [0.717, 1.165) is 5.56 Å².